The molecular formula is C10H13ClN2O5. The molecule has 7 nitrogen and oxygen atoms in total. The molecule has 0 radical (unpaired) electrons. The van der Waals surface area contributed by atoms with Gasteiger partial charge in [-0.25, -0.2) is 9.59 Å². The Bertz CT molecular complexity index is 522. The third kappa shape index (κ3) is 4.72. The van der Waals surface area contributed by atoms with Crippen molar-refractivity contribution in [2.75, 3.05) is 19.8 Å². The summed E-state index contributed by atoms with van der Waals surface area (Å²) in [6.07, 6.45) is 1.46. The second-order valence-corrected chi connectivity index (χ2v) is 3.77. The maximum atomic E-state index is 11.4. The molecule has 0 atom stereocenters. The molecule has 1 aromatic heterocycles. The zero-order valence-corrected chi connectivity index (χ0v) is 10.5. The van der Waals surface area contributed by atoms with Crippen molar-refractivity contribution in [1.82, 2.24) is 9.55 Å². The summed E-state index contributed by atoms with van der Waals surface area (Å²) in [5, 5.41) is 0. The molecule has 18 heavy (non-hydrogen) atoms. The number of hydrogen-bond donors (Lipinski definition) is 1. The second kappa shape index (κ2) is 6.97. The first kappa shape index (κ1) is 14.5. The van der Waals surface area contributed by atoms with Gasteiger partial charge in [-0.05, 0) is 6.92 Å². The average molecular weight is 277 g/mol. The Hall–Kier alpha value is -1.60. The lowest BCUT2D eigenvalue weighted by molar-refractivity contribution is 0.0774. The first-order valence-corrected chi connectivity index (χ1v) is 5.59. The number of H-pyrrole nitrogens is 1. The normalized spacial score (nSPS) is 10.3. The van der Waals surface area contributed by atoms with Gasteiger partial charge in [-0.3, -0.25) is 14.3 Å². The number of rotatable bonds is 6. The van der Waals surface area contributed by atoms with Crippen LogP contribution in [0.25, 0.3) is 0 Å². The summed E-state index contributed by atoms with van der Waals surface area (Å²) in [5.41, 5.74) is -1.32. The first-order chi connectivity index (χ1) is 8.50. The number of nitrogens with one attached hydrogen (secondary N) is 1. The van der Waals surface area contributed by atoms with E-state index in [2.05, 4.69) is 9.72 Å². The standard InChI is InChI=1S/C10H13ClN2O5/c1-7-6-13(10(16)12-8(7)14)2-3-17-4-5-18-9(11)15/h6H,2-5H2,1H3,(H,12,14,16). The van der Waals surface area contributed by atoms with E-state index < -0.39 is 16.7 Å². The van der Waals surface area contributed by atoms with Crippen LogP contribution in [0.1, 0.15) is 5.56 Å². The largest absolute Gasteiger partial charge is 0.451 e. The molecule has 1 rings (SSSR count). The summed E-state index contributed by atoms with van der Waals surface area (Å²) in [4.78, 5) is 34.9. The number of nitrogens with zero attached hydrogens (tertiary/aromatic N) is 1. The van der Waals surface area contributed by atoms with Gasteiger partial charge in [0, 0.05) is 23.4 Å². The maximum Gasteiger partial charge on any atom is 0.403 e. The highest BCUT2D eigenvalue weighted by Crippen LogP contribution is 1.88. The van der Waals surface area contributed by atoms with E-state index in [-0.39, 0.29) is 19.8 Å². The fraction of sp³-hybridized carbons (Fsp3) is 0.500. The van der Waals surface area contributed by atoms with Gasteiger partial charge in [0.05, 0.1) is 19.8 Å². The third-order valence-electron chi connectivity index (χ3n) is 2.11. The highest BCUT2D eigenvalue weighted by Gasteiger charge is 2.00. The van der Waals surface area contributed by atoms with Crippen molar-refractivity contribution < 1.29 is 14.3 Å². The Morgan fingerprint density at radius 3 is 2.78 bits per heavy atom. The van der Waals surface area contributed by atoms with Crippen molar-refractivity contribution in [2.24, 2.45) is 0 Å². The van der Waals surface area contributed by atoms with Gasteiger partial charge in [-0.15, -0.1) is 0 Å². The van der Waals surface area contributed by atoms with Crippen LogP contribution in [0.5, 0.6) is 0 Å². The van der Waals surface area contributed by atoms with Gasteiger partial charge in [0.1, 0.15) is 6.61 Å². The first-order valence-electron chi connectivity index (χ1n) is 5.21. The van der Waals surface area contributed by atoms with Crippen molar-refractivity contribution in [1.29, 1.82) is 0 Å². The Balaban J connectivity index is 2.36. The SMILES string of the molecule is Cc1cn(CCOCCOC(=O)Cl)c(=O)[nH]c1=O. The zero-order valence-electron chi connectivity index (χ0n) is 9.77. The van der Waals surface area contributed by atoms with Gasteiger partial charge in [-0.1, -0.05) is 0 Å². The minimum atomic E-state index is -0.883. The number of aromatic amines is 1. The molecule has 0 amide bonds. The van der Waals surface area contributed by atoms with E-state index in [4.69, 9.17) is 16.3 Å². The predicted molar refractivity (Wildman–Crippen MR) is 64.1 cm³/mol. The molecular weight excluding hydrogens is 264 g/mol. The van der Waals surface area contributed by atoms with E-state index in [0.29, 0.717) is 12.1 Å². The lowest BCUT2D eigenvalue weighted by Crippen LogP contribution is -2.31. The summed E-state index contributed by atoms with van der Waals surface area (Å²) in [5.74, 6) is 0. The molecule has 1 aromatic rings. The lowest BCUT2D eigenvalue weighted by Gasteiger charge is -2.06. The van der Waals surface area contributed by atoms with Gasteiger partial charge >= 0.3 is 11.1 Å². The molecule has 100 valence electrons. The number of hydrogen-bond acceptors (Lipinski definition) is 5. The number of aromatic nitrogens is 2. The molecule has 0 aliphatic rings. The lowest BCUT2D eigenvalue weighted by atomic mass is 10.4. The van der Waals surface area contributed by atoms with Crippen LogP contribution < -0.4 is 11.2 Å². The van der Waals surface area contributed by atoms with Crippen LogP contribution in [-0.2, 0) is 16.0 Å². The Kier molecular flexibility index (Phi) is 5.60. The Morgan fingerprint density at radius 1 is 1.39 bits per heavy atom. The summed E-state index contributed by atoms with van der Waals surface area (Å²) in [6.45, 7) is 2.41. The molecule has 0 bridgehead atoms. The number of halogens is 1. The number of carbonyl (C=O) groups is 1. The molecule has 0 aliphatic carbocycles. The van der Waals surface area contributed by atoms with Crippen LogP contribution in [0.3, 0.4) is 0 Å². The average Bonchev–Trinajstić information content (AvgIpc) is 2.29. The predicted octanol–water partition coefficient (Wildman–Crippen LogP) is 0.237. The van der Waals surface area contributed by atoms with Crippen LogP contribution in [0.4, 0.5) is 4.79 Å². The quantitative estimate of drug-likeness (QED) is 0.594. The zero-order chi connectivity index (χ0) is 13.5. The van der Waals surface area contributed by atoms with E-state index in [0.717, 1.165) is 0 Å². The number of ether oxygens (including phenoxy) is 2. The highest BCUT2D eigenvalue weighted by molar-refractivity contribution is 6.61. The molecule has 0 spiro atoms. The molecule has 0 fully saturated rings. The van der Waals surface area contributed by atoms with Gasteiger partial charge in [-0.2, -0.15) is 0 Å². The van der Waals surface area contributed by atoms with E-state index in [1.165, 1.54) is 10.8 Å². The van der Waals surface area contributed by atoms with Gasteiger partial charge in [0.2, 0.25) is 0 Å². The molecule has 0 aliphatic heterocycles. The maximum absolute atomic E-state index is 11.4. The van der Waals surface area contributed by atoms with Crippen molar-refractivity contribution in [3.8, 4) is 0 Å². The van der Waals surface area contributed by atoms with E-state index >= 15 is 0 Å². The molecule has 0 aromatic carbocycles. The second-order valence-electron chi connectivity index (χ2n) is 3.46. The number of carbonyl (C=O) groups excluding carboxylic acids is 1. The highest BCUT2D eigenvalue weighted by atomic mass is 35.5. The minimum absolute atomic E-state index is 0.0574. The minimum Gasteiger partial charge on any atom is -0.451 e. The summed E-state index contributed by atoms with van der Waals surface area (Å²) in [7, 11) is 0. The fourth-order valence-corrected chi connectivity index (χ4v) is 1.31. The van der Waals surface area contributed by atoms with Crippen LogP contribution >= 0.6 is 11.6 Å². The Morgan fingerprint density at radius 2 is 2.11 bits per heavy atom. The topological polar surface area (TPSA) is 90.4 Å². The van der Waals surface area contributed by atoms with E-state index in [1.807, 2.05) is 0 Å². The third-order valence-corrected chi connectivity index (χ3v) is 2.22. The summed E-state index contributed by atoms with van der Waals surface area (Å²) >= 11 is 4.94. The Labute approximate surface area is 107 Å². The van der Waals surface area contributed by atoms with Crippen molar-refractivity contribution >= 4 is 17.0 Å². The fourth-order valence-electron chi connectivity index (χ4n) is 1.23. The van der Waals surface area contributed by atoms with Crippen molar-refractivity contribution in [3.05, 3.63) is 32.6 Å². The van der Waals surface area contributed by atoms with E-state index in [9.17, 15) is 14.4 Å². The molecule has 1 N–H and O–H groups in total. The monoisotopic (exact) mass is 276 g/mol. The van der Waals surface area contributed by atoms with Crippen LogP contribution in [0.15, 0.2) is 15.8 Å². The van der Waals surface area contributed by atoms with Gasteiger partial charge in [0.15, 0.2) is 0 Å². The summed E-state index contributed by atoms with van der Waals surface area (Å²) in [6, 6.07) is 0. The number of aryl methyl sites for hydroxylation is 1. The smallest absolute Gasteiger partial charge is 0.403 e. The van der Waals surface area contributed by atoms with Crippen LogP contribution in [0, 0.1) is 6.92 Å². The van der Waals surface area contributed by atoms with E-state index in [1.54, 1.807) is 6.92 Å². The molecule has 1 heterocycles. The van der Waals surface area contributed by atoms with Crippen molar-refractivity contribution in [3.63, 3.8) is 0 Å². The van der Waals surface area contributed by atoms with Gasteiger partial charge < -0.3 is 9.47 Å². The van der Waals surface area contributed by atoms with Crippen LogP contribution in [-0.4, -0.2) is 34.8 Å². The molecule has 8 heteroatoms. The molecule has 0 saturated carbocycles. The van der Waals surface area contributed by atoms with Crippen molar-refractivity contribution in [2.45, 2.75) is 13.5 Å². The summed E-state index contributed by atoms with van der Waals surface area (Å²) < 4.78 is 10.9. The molecule has 0 unspecified atom stereocenters. The van der Waals surface area contributed by atoms with Crippen LogP contribution in [0.2, 0.25) is 0 Å². The molecule has 0 saturated heterocycles. The van der Waals surface area contributed by atoms with Gasteiger partial charge in [0.25, 0.3) is 5.56 Å².